The highest BCUT2D eigenvalue weighted by molar-refractivity contribution is 6.33. The summed E-state index contributed by atoms with van der Waals surface area (Å²) in [5.74, 6) is -0.0186. The molecule has 2 aromatic carbocycles. The standard InChI is InChI=1S/C26H24ClFN6O/c1-2-18(35)12-16-6-8-21(27)19(13-16)24-20-15-29-33-25(20)32-26(31-24)30-17-7-9-22(28)23(14-17)34-10-4-3-5-11-34/h2,6-9,13-15H,1,3-5,10-12H2,(H2,29,30,31,32,33). The number of carbonyl (C=O) groups is 1. The molecule has 35 heavy (non-hydrogen) atoms. The van der Waals surface area contributed by atoms with Crippen LogP contribution < -0.4 is 10.2 Å². The molecule has 1 saturated heterocycles. The summed E-state index contributed by atoms with van der Waals surface area (Å²) in [5, 5.41) is 11.4. The quantitative estimate of drug-likeness (QED) is 0.316. The predicted octanol–water partition coefficient (Wildman–Crippen LogP) is 5.84. The van der Waals surface area contributed by atoms with Crippen LogP contribution in [0.15, 0.2) is 55.3 Å². The van der Waals surface area contributed by atoms with Crippen LogP contribution in [0, 0.1) is 5.82 Å². The molecular weight excluding hydrogens is 467 g/mol. The number of hydrogen-bond acceptors (Lipinski definition) is 6. The lowest BCUT2D eigenvalue weighted by molar-refractivity contribution is -0.114. The van der Waals surface area contributed by atoms with E-state index in [9.17, 15) is 9.18 Å². The van der Waals surface area contributed by atoms with Crippen LogP contribution in [0.25, 0.3) is 22.3 Å². The second-order valence-electron chi connectivity index (χ2n) is 8.53. The summed E-state index contributed by atoms with van der Waals surface area (Å²) in [5.41, 5.74) is 3.80. The zero-order valence-corrected chi connectivity index (χ0v) is 19.8. The van der Waals surface area contributed by atoms with Gasteiger partial charge in [-0.25, -0.2) is 9.37 Å². The molecule has 178 valence electrons. The average Bonchev–Trinajstić information content (AvgIpc) is 3.35. The van der Waals surface area contributed by atoms with Gasteiger partial charge < -0.3 is 10.2 Å². The summed E-state index contributed by atoms with van der Waals surface area (Å²) in [6.07, 6.45) is 6.43. The van der Waals surface area contributed by atoms with E-state index >= 15 is 0 Å². The molecule has 3 heterocycles. The predicted molar refractivity (Wildman–Crippen MR) is 137 cm³/mol. The van der Waals surface area contributed by atoms with E-state index in [0.29, 0.717) is 44.6 Å². The van der Waals surface area contributed by atoms with Crippen molar-refractivity contribution in [3.05, 3.63) is 71.7 Å². The van der Waals surface area contributed by atoms with Crippen LogP contribution in [0.2, 0.25) is 5.02 Å². The number of halogens is 2. The van der Waals surface area contributed by atoms with Gasteiger partial charge in [0.25, 0.3) is 0 Å². The molecular formula is C26H24ClFN6O. The highest BCUT2D eigenvalue weighted by Crippen LogP contribution is 2.34. The molecule has 0 amide bonds. The zero-order chi connectivity index (χ0) is 24.4. The van der Waals surface area contributed by atoms with E-state index in [-0.39, 0.29) is 18.0 Å². The lowest BCUT2D eigenvalue weighted by atomic mass is 10.0. The van der Waals surface area contributed by atoms with Gasteiger partial charge in [-0.1, -0.05) is 24.2 Å². The molecule has 0 aliphatic carbocycles. The second kappa shape index (κ2) is 9.84. The molecule has 5 rings (SSSR count). The third-order valence-electron chi connectivity index (χ3n) is 6.10. The van der Waals surface area contributed by atoms with Crippen molar-refractivity contribution in [2.75, 3.05) is 23.3 Å². The summed E-state index contributed by atoms with van der Waals surface area (Å²) in [6.45, 7) is 5.21. The molecule has 2 N–H and O–H groups in total. The number of aromatic amines is 1. The Labute approximate surface area is 207 Å². The van der Waals surface area contributed by atoms with E-state index < -0.39 is 0 Å². The van der Waals surface area contributed by atoms with Gasteiger partial charge in [0.2, 0.25) is 5.95 Å². The summed E-state index contributed by atoms with van der Waals surface area (Å²) in [4.78, 5) is 23.2. The lowest BCUT2D eigenvalue weighted by Crippen LogP contribution is -2.30. The molecule has 9 heteroatoms. The summed E-state index contributed by atoms with van der Waals surface area (Å²) in [6, 6.07) is 10.3. The molecule has 0 bridgehead atoms. The first-order chi connectivity index (χ1) is 17.0. The number of carbonyl (C=O) groups excluding carboxylic acids is 1. The van der Waals surface area contributed by atoms with Crippen molar-refractivity contribution >= 4 is 45.7 Å². The number of aromatic nitrogens is 4. The number of benzene rings is 2. The van der Waals surface area contributed by atoms with Crippen LogP contribution >= 0.6 is 11.6 Å². The maximum absolute atomic E-state index is 14.6. The van der Waals surface area contributed by atoms with Crippen LogP contribution in [-0.4, -0.2) is 39.0 Å². The number of H-pyrrole nitrogens is 1. The Balaban J connectivity index is 1.52. The maximum atomic E-state index is 14.6. The molecule has 0 atom stereocenters. The largest absolute Gasteiger partial charge is 0.369 e. The minimum absolute atomic E-state index is 0.0856. The van der Waals surface area contributed by atoms with Crippen molar-refractivity contribution in [3.63, 3.8) is 0 Å². The van der Waals surface area contributed by atoms with E-state index in [1.807, 2.05) is 6.07 Å². The van der Waals surface area contributed by atoms with Crippen LogP contribution in [-0.2, 0) is 11.2 Å². The lowest BCUT2D eigenvalue weighted by Gasteiger charge is -2.29. The number of ketones is 1. The molecule has 1 aliphatic heterocycles. The van der Waals surface area contributed by atoms with Crippen molar-refractivity contribution in [3.8, 4) is 11.3 Å². The van der Waals surface area contributed by atoms with Crippen molar-refractivity contribution in [2.24, 2.45) is 0 Å². The van der Waals surface area contributed by atoms with Crippen LogP contribution in [0.1, 0.15) is 24.8 Å². The number of allylic oxidation sites excluding steroid dienone is 1. The van der Waals surface area contributed by atoms with Gasteiger partial charge in [-0.3, -0.25) is 9.89 Å². The van der Waals surface area contributed by atoms with E-state index in [1.165, 1.54) is 18.6 Å². The number of hydrogen-bond donors (Lipinski definition) is 2. The average molecular weight is 491 g/mol. The molecule has 1 fully saturated rings. The normalized spacial score (nSPS) is 13.7. The molecule has 0 saturated carbocycles. The fourth-order valence-electron chi connectivity index (χ4n) is 4.33. The van der Waals surface area contributed by atoms with E-state index in [2.05, 4.69) is 32.0 Å². The number of piperidine rings is 1. The van der Waals surface area contributed by atoms with E-state index in [1.54, 1.807) is 30.5 Å². The van der Waals surface area contributed by atoms with Crippen molar-refractivity contribution in [1.82, 2.24) is 20.2 Å². The fraction of sp³-hybridized carbons (Fsp3) is 0.231. The Morgan fingerprint density at radius 2 is 2.00 bits per heavy atom. The molecule has 0 spiro atoms. The van der Waals surface area contributed by atoms with Gasteiger partial charge >= 0.3 is 0 Å². The SMILES string of the molecule is C=CC(=O)Cc1ccc(Cl)c(-c2nc(Nc3ccc(F)c(N4CCCCC4)c3)nc3[nH]ncc23)c1. The summed E-state index contributed by atoms with van der Waals surface area (Å²) in [7, 11) is 0. The number of rotatable bonds is 7. The smallest absolute Gasteiger partial charge is 0.229 e. The molecule has 1 aliphatic rings. The number of fused-ring (bicyclic) bond motifs is 1. The van der Waals surface area contributed by atoms with Gasteiger partial charge in [0.1, 0.15) is 5.82 Å². The van der Waals surface area contributed by atoms with Gasteiger partial charge in [-0.2, -0.15) is 10.1 Å². The number of nitrogens with one attached hydrogen (secondary N) is 2. The first-order valence-electron chi connectivity index (χ1n) is 11.5. The van der Waals surface area contributed by atoms with Gasteiger partial charge in [0.15, 0.2) is 11.4 Å². The van der Waals surface area contributed by atoms with Crippen molar-refractivity contribution < 1.29 is 9.18 Å². The first kappa shape index (κ1) is 23.0. The van der Waals surface area contributed by atoms with Gasteiger partial charge in [0.05, 0.1) is 28.0 Å². The van der Waals surface area contributed by atoms with E-state index in [4.69, 9.17) is 16.6 Å². The van der Waals surface area contributed by atoms with Crippen molar-refractivity contribution in [2.45, 2.75) is 25.7 Å². The van der Waals surface area contributed by atoms with E-state index in [0.717, 1.165) is 31.5 Å². The Morgan fingerprint density at radius 3 is 2.80 bits per heavy atom. The molecule has 2 aromatic heterocycles. The third-order valence-corrected chi connectivity index (χ3v) is 6.43. The number of anilines is 3. The van der Waals surface area contributed by atoms with Crippen LogP contribution in [0.5, 0.6) is 0 Å². The fourth-order valence-corrected chi connectivity index (χ4v) is 4.54. The topological polar surface area (TPSA) is 86.8 Å². The zero-order valence-electron chi connectivity index (χ0n) is 19.0. The van der Waals surface area contributed by atoms with Crippen molar-refractivity contribution in [1.29, 1.82) is 0 Å². The molecule has 0 radical (unpaired) electrons. The second-order valence-corrected chi connectivity index (χ2v) is 8.94. The Kier molecular flexibility index (Phi) is 6.46. The number of nitrogens with zero attached hydrogens (tertiary/aromatic N) is 4. The first-order valence-corrected chi connectivity index (χ1v) is 11.9. The monoisotopic (exact) mass is 490 g/mol. The van der Waals surface area contributed by atoms with Gasteiger partial charge in [0, 0.05) is 30.8 Å². The third kappa shape index (κ3) is 4.88. The summed E-state index contributed by atoms with van der Waals surface area (Å²) < 4.78 is 14.6. The highest BCUT2D eigenvalue weighted by Gasteiger charge is 2.18. The van der Waals surface area contributed by atoms with Crippen LogP contribution in [0.3, 0.4) is 0 Å². The highest BCUT2D eigenvalue weighted by atomic mass is 35.5. The maximum Gasteiger partial charge on any atom is 0.229 e. The Morgan fingerprint density at radius 1 is 1.17 bits per heavy atom. The van der Waals surface area contributed by atoms with Gasteiger partial charge in [-0.05, 0) is 61.2 Å². The van der Waals surface area contributed by atoms with Crippen LogP contribution in [0.4, 0.5) is 21.7 Å². The molecule has 7 nitrogen and oxygen atoms in total. The molecule has 4 aromatic rings. The minimum Gasteiger partial charge on any atom is -0.369 e. The minimum atomic E-state index is -0.249. The Bertz CT molecular complexity index is 1410. The Hall–Kier alpha value is -3.78. The molecule has 0 unspecified atom stereocenters. The summed E-state index contributed by atoms with van der Waals surface area (Å²) >= 11 is 6.54. The van der Waals surface area contributed by atoms with Gasteiger partial charge in [-0.15, -0.1) is 0 Å².